The number of halogens is 1. The third-order valence-electron chi connectivity index (χ3n) is 2.21. The number of para-hydroxylation sites is 1. The van der Waals surface area contributed by atoms with Crippen LogP contribution in [0.2, 0.25) is 0 Å². The Kier molecular flexibility index (Phi) is 4.11. The zero-order chi connectivity index (χ0) is 12.1. The molecule has 0 aliphatic carbocycles. The van der Waals surface area contributed by atoms with Crippen LogP contribution in [-0.2, 0) is 13.1 Å². The summed E-state index contributed by atoms with van der Waals surface area (Å²) in [7, 11) is 0. The van der Waals surface area contributed by atoms with E-state index in [9.17, 15) is 0 Å². The monoisotopic (exact) mass is 296 g/mol. The van der Waals surface area contributed by atoms with E-state index >= 15 is 0 Å². The van der Waals surface area contributed by atoms with Crippen LogP contribution in [0.15, 0.2) is 34.9 Å². The van der Waals surface area contributed by atoms with E-state index in [0.29, 0.717) is 19.7 Å². The molecule has 1 aromatic carbocycles. The van der Waals surface area contributed by atoms with Crippen molar-refractivity contribution in [1.29, 1.82) is 0 Å². The van der Waals surface area contributed by atoms with Crippen molar-refractivity contribution in [2.75, 3.05) is 6.61 Å². The molecule has 17 heavy (non-hydrogen) atoms. The number of rotatable bonds is 5. The van der Waals surface area contributed by atoms with Crippen molar-refractivity contribution < 1.29 is 4.74 Å². The molecule has 90 valence electrons. The smallest absolute Gasteiger partial charge is 0.133 e. The fraction of sp³-hybridized carbons (Fsp3) is 0.273. The molecule has 6 heteroatoms. The van der Waals surface area contributed by atoms with Gasteiger partial charge in [-0.25, -0.2) is 4.68 Å². The third-order valence-corrected chi connectivity index (χ3v) is 2.86. The fourth-order valence-electron chi connectivity index (χ4n) is 1.35. The van der Waals surface area contributed by atoms with Gasteiger partial charge in [0.25, 0.3) is 0 Å². The maximum atomic E-state index is 5.62. The van der Waals surface area contributed by atoms with E-state index in [4.69, 9.17) is 10.5 Å². The van der Waals surface area contributed by atoms with Crippen molar-refractivity contribution in [2.24, 2.45) is 5.73 Å². The van der Waals surface area contributed by atoms with Crippen LogP contribution < -0.4 is 10.5 Å². The highest BCUT2D eigenvalue weighted by Crippen LogP contribution is 2.23. The number of hydrogen-bond donors (Lipinski definition) is 1. The molecular weight excluding hydrogens is 284 g/mol. The summed E-state index contributed by atoms with van der Waals surface area (Å²) >= 11 is 3.42. The molecule has 2 rings (SSSR count). The Morgan fingerprint density at radius 3 is 2.88 bits per heavy atom. The second-order valence-electron chi connectivity index (χ2n) is 3.46. The van der Waals surface area contributed by atoms with Gasteiger partial charge in [-0.05, 0) is 28.1 Å². The molecule has 0 saturated heterocycles. The van der Waals surface area contributed by atoms with Gasteiger partial charge in [0.05, 0.1) is 16.7 Å². The molecule has 0 saturated carbocycles. The van der Waals surface area contributed by atoms with E-state index in [1.807, 2.05) is 30.5 Å². The molecule has 0 fully saturated rings. The minimum atomic E-state index is 0.408. The van der Waals surface area contributed by atoms with Gasteiger partial charge >= 0.3 is 0 Å². The van der Waals surface area contributed by atoms with Crippen molar-refractivity contribution in [3.63, 3.8) is 0 Å². The Balaban J connectivity index is 1.85. The average molecular weight is 297 g/mol. The van der Waals surface area contributed by atoms with Crippen LogP contribution in [0, 0.1) is 0 Å². The largest absolute Gasteiger partial charge is 0.490 e. The lowest BCUT2D eigenvalue weighted by molar-refractivity contribution is 0.288. The molecule has 2 aromatic rings. The summed E-state index contributed by atoms with van der Waals surface area (Å²) < 4.78 is 8.28. The highest BCUT2D eigenvalue weighted by Gasteiger charge is 2.01. The molecule has 0 unspecified atom stereocenters. The Bertz CT molecular complexity index is 486. The molecular formula is C11H13BrN4O. The maximum Gasteiger partial charge on any atom is 0.133 e. The van der Waals surface area contributed by atoms with Gasteiger partial charge in [0, 0.05) is 12.7 Å². The van der Waals surface area contributed by atoms with E-state index in [1.165, 1.54) is 0 Å². The number of nitrogens with two attached hydrogens (primary N) is 1. The SMILES string of the molecule is NCc1cn(CCOc2ccccc2Br)nn1. The van der Waals surface area contributed by atoms with Gasteiger partial charge in [0.1, 0.15) is 12.4 Å². The maximum absolute atomic E-state index is 5.62. The molecule has 0 spiro atoms. The Morgan fingerprint density at radius 2 is 2.18 bits per heavy atom. The highest BCUT2D eigenvalue weighted by atomic mass is 79.9. The molecule has 0 bridgehead atoms. The summed E-state index contributed by atoms with van der Waals surface area (Å²) in [5.41, 5.74) is 6.23. The lowest BCUT2D eigenvalue weighted by Gasteiger charge is -2.07. The molecule has 2 N–H and O–H groups in total. The lowest BCUT2D eigenvalue weighted by Crippen LogP contribution is -2.09. The molecule has 1 heterocycles. The first-order valence-corrected chi connectivity index (χ1v) is 6.05. The van der Waals surface area contributed by atoms with Crippen molar-refractivity contribution in [3.05, 3.63) is 40.6 Å². The van der Waals surface area contributed by atoms with Gasteiger partial charge < -0.3 is 10.5 Å². The van der Waals surface area contributed by atoms with Gasteiger partial charge in [0.2, 0.25) is 0 Å². The van der Waals surface area contributed by atoms with Gasteiger partial charge in [0.15, 0.2) is 0 Å². The number of benzene rings is 1. The zero-order valence-corrected chi connectivity index (χ0v) is 10.8. The summed E-state index contributed by atoms with van der Waals surface area (Å²) in [6, 6.07) is 7.73. The van der Waals surface area contributed by atoms with Crippen LogP contribution in [0.25, 0.3) is 0 Å². The van der Waals surface area contributed by atoms with Crippen LogP contribution in [0.5, 0.6) is 5.75 Å². The van der Waals surface area contributed by atoms with Crippen LogP contribution in [0.3, 0.4) is 0 Å². The van der Waals surface area contributed by atoms with Crippen LogP contribution in [-0.4, -0.2) is 21.6 Å². The third kappa shape index (κ3) is 3.28. The quantitative estimate of drug-likeness (QED) is 0.910. The van der Waals surface area contributed by atoms with E-state index in [0.717, 1.165) is 15.9 Å². The van der Waals surface area contributed by atoms with Crippen molar-refractivity contribution >= 4 is 15.9 Å². The van der Waals surface area contributed by atoms with Gasteiger partial charge in [-0.1, -0.05) is 17.3 Å². The highest BCUT2D eigenvalue weighted by molar-refractivity contribution is 9.10. The summed E-state index contributed by atoms with van der Waals surface area (Å²) in [4.78, 5) is 0. The molecule has 0 amide bonds. The van der Waals surface area contributed by atoms with Crippen LogP contribution in [0.1, 0.15) is 5.69 Å². The minimum absolute atomic E-state index is 0.408. The van der Waals surface area contributed by atoms with Gasteiger partial charge in [-0.15, -0.1) is 5.10 Å². The molecule has 0 aliphatic rings. The summed E-state index contributed by atoms with van der Waals surface area (Å²) in [5.74, 6) is 0.826. The lowest BCUT2D eigenvalue weighted by atomic mass is 10.3. The summed E-state index contributed by atoms with van der Waals surface area (Å²) in [6.45, 7) is 1.59. The number of hydrogen-bond acceptors (Lipinski definition) is 4. The first kappa shape index (κ1) is 12.1. The van der Waals surface area contributed by atoms with Gasteiger partial charge in [-0.2, -0.15) is 0 Å². The predicted octanol–water partition coefficient (Wildman–Crippen LogP) is 1.58. The van der Waals surface area contributed by atoms with E-state index in [2.05, 4.69) is 26.2 Å². The van der Waals surface area contributed by atoms with Crippen LogP contribution >= 0.6 is 15.9 Å². The minimum Gasteiger partial charge on any atom is -0.490 e. The Labute approximate surface area is 108 Å². The molecule has 0 radical (unpaired) electrons. The van der Waals surface area contributed by atoms with Crippen LogP contribution in [0.4, 0.5) is 0 Å². The predicted molar refractivity (Wildman–Crippen MR) is 67.6 cm³/mol. The van der Waals surface area contributed by atoms with E-state index in [-0.39, 0.29) is 0 Å². The van der Waals surface area contributed by atoms with Crippen molar-refractivity contribution in [1.82, 2.24) is 15.0 Å². The first-order valence-electron chi connectivity index (χ1n) is 5.26. The topological polar surface area (TPSA) is 66.0 Å². The summed E-state index contributed by atoms with van der Waals surface area (Å²) in [5, 5.41) is 7.84. The Morgan fingerprint density at radius 1 is 1.35 bits per heavy atom. The molecule has 5 nitrogen and oxygen atoms in total. The molecule has 1 aromatic heterocycles. The zero-order valence-electron chi connectivity index (χ0n) is 9.21. The van der Waals surface area contributed by atoms with E-state index < -0.39 is 0 Å². The number of ether oxygens (including phenoxy) is 1. The fourth-order valence-corrected chi connectivity index (χ4v) is 1.75. The number of nitrogens with zero attached hydrogens (tertiary/aromatic N) is 3. The van der Waals surface area contributed by atoms with Crippen molar-refractivity contribution in [3.8, 4) is 5.75 Å². The normalized spacial score (nSPS) is 10.5. The second-order valence-corrected chi connectivity index (χ2v) is 4.31. The first-order chi connectivity index (χ1) is 8.29. The molecule has 0 atom stereocenters. The average Bonchev–Trinajstić information content (AvgIpc) is 2.80. The Hall–Kier alpha value is -1.40. The van der Waals surface area contributed by atoms with Gasteiger partial charge in [-0.3, -0.25) is 0 Å². The number of aromatic nitrogens is 3. The molecule has 0 aliphatic heterocycles. The van der Waals surface area contributed by atoms with Crippen molar-refractivity contribution in [2.45, 2.75) is 13.1 Å². The standard InChI is InChI=1S/C11H13BrN4O/c12-10-3-1-2-4-11(10)17-6-5-16-8-9(7-13)14-15-16/h1-4,8H,5-7,13H2. The summed E-state index contributed by atoms with van der Waals surface area (Å²) in [6.07, 6.45) is 1.82. The van der Waals surface area contributed by atoms with E-state index in [1.54, 1.807) is 4.68 Å². The second kappa shape index (κ2) is 5.79.